The van der Waals surface area contributed by atoms with Crippen molar-refractivity contribution in [3.63, 3.8) is 0 Å². The lowest BCUT2D eigenvalue weighted by molar-refractivity contribution is 0.0949. The summed E-state index contributed by atoms with van der Waals surface area (Å²) in [6.45, 7) is 4.01. The Kier molecular flexibility index (Phi) is 4.45. The predicted molar refractivity (Wildman–Crippen MR) is 71.7 cm³/mol. The molecule has 0 aromatic heterocycles. The molecule has 0 atom stereocenters. The molecule has 17 heavy (non-hydrogen) atoms. The van der Waals surface area contributed by atoms with Gasteiger partial charge in [0.15, 0.2) is 0 Å². The van der Waals surface area contributed by atoms with Crippen molar-refractivity contribution >= 4 is 18.5 Å². The molecule has 1 heterocycles. The van der Waals surface area contributed by atoms with Gasteiger partial charge in [0.25, 0.3) is 5.91 Å². The summed E-state index contributed by atoms with van der Waals surface area (Å²) in [5.41, 5.74) is 0.680. The van der Waals surface area contributed by atoms with Crippen LogP contribution in [0.3, 0.4) is 0 Å². The summed E-state index contributed by atoms with van der Waals surface area (Å²) in [6.07, 6.45) is 2.57. The van der Waals surface area contributed by atoms with Crippen LogP contribution in [0.1, 0.15) is 23.2 Å². The van der Waals surface area contributed by atoms with Gasteiger partial charge in [0, 0.05) is 23.5 Å². The second-order valence-corrected chi connectivity index (χ2v) is 4.87. The van der Waals surface area contributed by atoms with Gasteiger partial charge < -0.3 is 10.2 Å². The number of hydrogen-bond acceptors (Lipinski definition) is 3. The SMILES string of the molecule is O=C(NCCN1CCCC1)c1cccc(S)c1. The first-order chi connectivity index (χ1) is 8.25. The van der Waals surface area contributed by atoms with Crippen molar-refractivity contribution in [1.29, 1.82) is 0 Å². The first-order valence-corrected chi connectivity index (χ1v) is 6.50. The fourth-order valence-corrected chi connectivity index (χ4v) is 2.31. The van der Waals surface area contributed by atoms with Gasteiger partial charge in [0.05, 0.1) is 0 Å². The van der Waals surface area contributed by atoms with Crippen LogP contribution in [0.5, 0.6) is 0 Å². The first kappa shape index (κ1) is 12.5. The zero-order valence-electron chi connectivity index (χ0n) is 9.85. The summed E-state index contributed by atoms with van der Waals surface area (Å²) in [7, 11) is 0. The molecule has 0 saturated carbocycles. The third-order valence-electron chi connectivity index (χ3n) is 3.02. The minimum atomic E-state index is -0.0138. The van der Waals surface area contributed by atoms with E-state index in [1.807, 2.05) is 18.2 Å². The Hall–Kier alpha value is -1.00. The number of amides is 1. The van der Waals surface area contributed by atoms with E-state index >= 15 is 0 Å². The Labute approximate surface area is 108 Å². The van der Waals surface area contributed by atoms with E-state index in [0.29, 0.717) is 5.56 Å². The Balaban J connectivity index is 1.77. The number of carbonyl (C=O) groups excluding carboxylic acids is 1. The van der Waals surface area contributed by atoms with Gasteiger partial charge in [-0.15, -0.1) is 12.6 Å². The van der Waals surface area contributed by atoms with Crippen LogP contribution in [0.25, 0.3) is 0 Å². The van der Waals surface area contributed by atoms with Crippen LogP contribution in [-0.2, 0) is 0 Å². The Morgan fingerprint density at radius 2 is 2.12 bits per heavy atom. The molecule has 92 valence electrons. The second kappa shape index (κ2) is 6.07. The summed E-state index contributed by atoms with van der Waals surface area (Å²) in [5.74, 6) is -0.0138. The van der Waals surface area contributed by atoms with Crippen LogP contribution in [0.4, 0.5) is 0 Å². The highest BCUT2D eigenvalue weighted by Gasteiger charge is 2.11. The maximum absolute atomic E-state index is 11.8. The van der Waals surface area contributed by atoms with Gasteiger partial charge in [-0.3, -0.25) is 4.79 Å². The van der Waals surface area contributed by atoms with Crippen molar-refractivity contribution < 1.29 is 4.79 Å². The summed E-state index contributed by atoms with van der Waals surface area (Å²) < 4.78 is 0. The third-order valence-corrected chi connectivity index (χ3v) is 3.30. The molecule has 0 aliphatic carbocycles. The topological polar surface area (TPSA) is 32.3 Å². The fraction of sp³-hybridized carbons (Fsp3) is 0.462. The summed E-state index contributed by atoms with van der Waals surface area (Å²) >= 11 is 4.22. The number of nitrogens with zero attached hydrogens (tertiary/aromatic N) is 1. The average Bonchev–Trinajstić information content (AvgIpc) is 2.82. The van der Waals surface area contributed by atoms with E-state index in [4.69, 9.17) is 0 Å². The van der Waals surface area contributed by atoms with Gasteiger partial charge in [0.1, 0.15) is 0 Å². The molecular formula is C13H18N2OS. The minimum Gasteiger partial charge on any atom is -0.351 e. The van der Waals surface area contributed by atoms with Crippen LogP contribution < -0.4 is 5.32 Å². The monoisotopic (exact) mass is 250 g/mol. The summed E-state index contributed by atoms with van der Waals surface area (Å²) in [5, 5.41) is 2.94. The molecule has 1 aromatic rings. The smallest absolute Gasteiger partial charge is 0.251 e. The number of hydrogen-bond donors (Lipinski definition) is 2. The van der Waals surface area contributed by atoms with Crippen molar-refractivity contribution in [2.45, 2.75) is 17.7 Å². The molecule has 1 aliphatic rings. The average molecular weight is 250 g/mol. The number of likely N-dealkylation sites (tertiary alicyclic amines) is 1. The van der Waals surface area contributed by atoms with Crippen LogP contribution in [0.15, 0.2) is 29.2 Å². The molecule has 4 heteroatoms. The summed E-state index contributed by atoms with van der Waals surface area (Å²) in [6, 6.07) is 7.31. The lowest BCUT2D eigenvalue weighted by Gasteiger charge is -2.14. The maximum Gasteiger partial charge on any atom is 0.251 e. The molecule has 1 aliphatic heterocycles. The minimum absolute atomic E-state index is 0.0138. The number of benzene rings is 1. The van der Waals surface area contributed by atoms with E-state index in [-0.39, 0.29) is 5.91 Å². The van der Waals surface area contributed by atoms with E-state index < -0.39 is 0 Å². The lowest BCUT2D eigenvalue weighted by atomic mass is 10.2. The van der Waals surface area contributed by atoms with Gasteiger partial charge in [-0.05, 0) is 44.1 Å². The second-order valence-electron chi connectivity index (χ2n) is 4.35. The number of carbonyl (C=O) groups is 1. The molecule has 0 bridgehead atoms. The van der Waals surface area contributed by atoms with Crippen molar-refractivity contribution in [2.24, 2.45) is 0 Å². The van der Waals surface area contributed by atoms with Gasteiger partial charge in [-0.2, -0.15) is 0 Å². The third kappa shape index (κ3) is 3.75. The zero-order valence-corrected chi connectivity index (χ0v) is 10.7. The van der Waals surface area contributed by atoms with E-state index in [0.717, 1.165) is 18.0 Å². The van der Waals surface area contributed by atoms with Crippen LogP contribution in [0.2, 0.25) is 0 Å². The molecule has 0 spiro atoms. The van der Waals surface area contributed by atoms with Gasteiger partial charge >= 0.3 is 0 Å². The maximum atomic E-state index is 11.8. The molecule has 0 radical (unpaired) electrons. The molecule has 1 aromatic carbocycles. The molecule has 3 nitrogen and oxygen atoms in total. The van der Waals surface area contributed by atoms with Crippen molar-refractivity contribution in [1.82, 2.24) is 10.2 Å². The van der Waals surface area contributed by atoms with Gasteiger partial charge in [0.2, 0.25) is 0 Å². The van der Waals surface area contributed by atoms with E-state index in [1.54, 1.807) is 6.07 Å². The number of rotatable bonds is 4. The molecule has 1 saturated heterocycles. The molecule has 2 rings (SSSR count). The van der Waals surface area contributed by atoms with Crippen molar-refractivity contribution in [3.05, 3.63) is 29.8 Å². The lowest BCUT2D eigenvalue weighted by Crippen LogP contribution is -2.33. The quantitative estimate of drug-likeness (QED) is 0.799. The van der Waals surface area contributed by atoms with Gasteiger partial charge in [-0.1, -0.05) is 6.07 Å². The van der Waals surface area contributed by atoms with Crippen LogP contribution in [-0.4, -0.2) is 37.0 Å². The van der Waals surface area contributed by atoms with Crippen molar-refractivity contribution in [3.8, 4) is 0 Å². The van der Waals surface area contributed by atoms with E-state index in [2.05, 4.69) is 22.8 Å². The van der Waals surface area contributed by atoms with Crippen molar-refractivity contribution in [2.75, 3.05) is 26.2 Å². The summed E-state index contributed by atoms with van der Waals surface area (Å²) in [4.78, 5) is 15.0. The highest BCUT2D eigenvalue weighted by Crippen LogP contribution is 2.09. The highest BCUT2D eigenvalue weighted by atomic mass is 32.1. The zero-order chi connectivity index (χ0) is 12.1. The Morgan fingerprint density at radius 1 is 1.35 bits per heavy atom. The highest BCUT2D eigenvalue weighted by molar-refractivity contribution is 7.80. The van der Waals surface area contributed by atoms with E-state index in [9.17, 15) is 4.79 Å². The van der Waals surface area contributed by atoms with E-state index in [1.165, 1.54) is 25.9 Å². The Morgan fingerprint density at radius 3 is 2.82 bits per heavy atom. The number of nitrogens with one attached hydrogen (secondary N) is 1. The molecular weight excluding hydrogens is 232 g/mol. The molecule has 1 amide bonds. The van der Waals surface area contributed by atoms with Crippen LogP contribution >= 0.6 is 12.6 Å². The molecule has 1 N–H and O–H groups in total. The van der Waals surface area contributed by atoms with Crippen LogP contribution in [0, 0.1) is 0 Å². The standard InChI is InChI=1S/C13H18N2OS/c16-13(11-4-3-5-12(17)10-11)14-6-9-15-7-1-2-8-15/h3-5,10,17H,1-2,6-9H2,(H,14,16). The van der Waals surface area contributed by atoms with Gasteiger partial charge in [-0.25, -0.2) is 0 Å². The Bertz CT molecular complexity index is 389. The molecule has 1 fully saturated rings. The molecule has 0 unspecified atom stereocenters. The normalized spacial score (nSPS) is 16.1. The largest absolute Gasteiger partial charge is 0.351 e. The fourth-order valence-electron chi connectivity index (χ4n) is 2.08. The first-order valence-electron chi connectivity index (χ1n) is 6.05. The number of thiol groups is 1. The predicted octanol–water partition coefficient (Wildman–Crippen LogP) is 1.80.